The smallest absolute Gasteiger partial charge is 0.379 e. The van der Waals surface area contributed by atoms with Gasteiger partial charge in [-0.05, 0) is 53.9 Å². The van der Waals surface area contributed by atoms with E-state index in [4.69, 9.17) is 25.4 Å². The number of carboxylic acid groups (broad SMARTS) is 2. The van der Waals surface area contributed by atoms with Crippen molar-refractivity contribution in [3.63, 3.8) is 0 Å². The molecule has 3 aromatic rings. The second-order valence-corrected chi connectivity index (χ2v) is 8.98. The molecule has 4 rings (SSSR count). The van der Waals surface area contributed by atoms with Gasteiger partial charge in [0.2, 0.25) is 11.7 Å². The molecule has 1 aromatic heterocycles. The number of ether oxygens (including phenoxy) is 1. The van der Waals surface area contributed by atoms with Crippen LogP contribution in [0.2, 0.25) is 0 Å². The number of nitrogens with two attached hydrogens (primary N) is 1. The number of amides is 1. The molecule has 0 saturated heterocycles. The van der Waals surface area contributed by atoms with Crippen LogP contribution in [0, 0.1) is 5.41 Å². The van der Waals surface area contributed by atoms with Crippen LogP contribution in [0.5, 0.6) is 5.75 Å². The van der Waals surface area contributed by atoms with Gasteiger partial charge in [0.1, 0.15) is 23.4 Å². The fourth-order valence-corrected chi connectivity index (χ4v) is 4.28. The number of carboxylic acids is 2. The summed E-state index contributed by atoms with van der Waals surface area (Å²) in [5.74, 6) is -3.74. The number of rotatable bonds is 10. The molecule has 12 heteroatoms. The summed E-state index contributed by atoms with van der Waals surface area (Å²) in [6.07, 6.45) is -0.487. The summed E-state index contributed by atoms with van der Waals surface area (Å²) in [5, 5.41) is 28.1. The highest BCUT2D eigenvalue weighted by atomic mass is 16.5. The summed E-state index contributed by atoms with van der Waals surface area (Å²) in [6.45, 7) is 0.456. The first kappa shape index (κ1) is 27.1. The standard InChI is InChI=1S/C27H26N4O8/c28-24(29)15-5-7-18(8-6-15)39-27(37)22-10-9-19(38-22)14-31-13-17-4-2-1-3-16(17)11-21(31)25(34)30-20(26(35)36)12-23(32)33/h1-10,20-21H,11-14H2,(H3,28,29)(H,30,34)(H,32,33)(H,35,36)/t20-,21?/m0/s1. The normalized spacial score (nSPS) is 15.5. The lowest BCUT2D eigenvalue weighted by Crippen LogP contribution is -2.54. The van der Waals surface area contributed by atoms with E-state index in [2.05, 4.69) is 5.32 Å². The Labute approximate surface area is 222 Å². The third-order valence-corrected chi connectivity index (χ3v) is 6.24. The van der Waals surface area contributed by atoms with E-state index in [0.717, 1.165) is 11.1 Å². The van der Waals surface area contributed by atoms with Gasteiger partial charge in [-0.1, -0.05) is 24.3 Å². The van der Waals surface area contributed by atoms with Crippen LogP contribution < -0.4 is 15.8 Å². The topological polar surface area (TPSA) is 196 Å². The van der Waals surface area contributed by atoms with E-state index in [1.54, 1.807) is 23.1 Å². The number of hydrogen-bond acceptors (Lipinski definition) is 8. The molecule has 0 fully saturated rings. The molecule has 39 heavy (non-hydrogen) atoms. The van der Waals surface area contributed by atoms with Gasteiger partial charge in [-0.2, -0.15) is 0 Å². The van der Waals surface area contributed by atoms with Gasteiger partial charge in [-0.25, -0.2) is 9.59 Å². The Kier molecular flexibility index (Phi) is 8.06. The molecule has 12 nitrogen and oxygen atoms in total. The number of nitrogen functional groups attached to an aromatic ring is 1. The Bertz CT molecular complexity index is 1420. The molecule has 2 heterocycles. The van der Waals surface area contributed by atoms with Crippen molar-refractivity contribution in [3.8, 4) is 5.75 Å². The molecule has 0 radical (unpaired) electrons. The maximum Gasteiger partial charge on any atom is 0.379 e. The molecule has 1 aliphatic rings. The van der Waals surface area contributed by atoms with Gasteiger partial charge in [-0.3, -0.25) is 19.9 Å². The first-order valence-electron chi connectivity index (χ1n) is 11.9. The summed E-state index contributed by atoms with van der Waals surface area (Å²) in [7, 11) is 0. The summed E-state index contributed by atoms with van der Waals surface area (Å²) in [6, 6.07) is 14.2. The van der Waals surface area contributed by atoms with Crippen molar-refractivity contribution < 1.29 is 38.5 Å². The maximum absolute atomic E-state index is 13.2. The number of carbonyl (C=O) groups is 4. The molecular weight excluding hydrogens is 508 g/mol. The van der Waals surface area contributed by atoms with Gasteiger partial charge in [0, 0.05) is 12.1 Å². The molecule has 0 aliphatic carbocycles. The fraction of sp³-hybridized carbons (Fsp3) is 0.222. The molecule has 202 valence electrons. The zero-order chi connectivity index (χ0) is 28.1. The minimum absolute atomic E-state index is 0.0635. The molecule has 0 saturated carbocycles. The Balaban J connectivity index is 1.49. The number of fused-ring (bicyclic) bond motifs is 1. The minimum atomic E-state index is -1.58. The van der Waals surface area contributed by atoms with Gasteiger partial charge in [0.15, 0.2) is 0 Å². The van der Waals surface area contributed by atoms with E-state index >= 15 is 0 Å². The van der Waals surface area contributed by atoms with E-state index in [1.165, 1.54) is 18.2 Å². The van der Waals surface area contributed by atoms with Crippen LogP contribution in [0.4, 0.5) is 0 Å². The fourth-order valence-electron chi connectivity index (χ4n) is 4.28. The minimum Gasteiger partial charge on any atom is -0.481 e. The van der Waals surface area contributed by atoms with E-state index in [0.29, 0.717) is 17.9 Å². The molecule has 1 unspecified atom stereocenters. The van der Waals surface area contributed by atoms with Crippen LogP contribution in [0.25, 0.3) is 0 Å². The SMILES string of the molecule is N=C(N)c1ccc(OC(=O)c2ccc(CN3Cc4ccccc4CC3C(=O)N[C@@H](CC(=O)O)C(=O)O)o2)cc1. The van der Waals surface area contributed by atoms with Gasteiger partial charge < -0.3 is 30.4 Å². The largest absolute Gasteiger partial charge is 0.481 e. The van der Waals surface area contributed by atoms with Crippen LogP contribution in [0.1, 0.15) is 39.4 Å². The Morgan fingerprint density at radius 3 is 2.38 bits per heavy atom. The zero-order valence-electron chi connectivity index (χ0n) is 20.6. The number of nitrogens with one attached hydrogen (secondary N) is 2. The van der Waals surface area contributed by atoms with E-state index < -0.39 is 42.3 Å². The predicted molar refractivity (Wildman–Crippen MR) is 136 cm³/mol. The van der Waals surface area contributed by atoms with Gasteiger partial charge >= 0.3 is 17.9 Å². The summed E-state index contributed by atoms with van der Waals surface area (Å²) < 4.78 is 11.0. The zero-order valence-corrected chi connectivity index (χ0v) is 20.6. The molecular formula is C27H26N4O8. The molecule has 2 atom stereocenters. The molecule has 1 aliphatic heterocycles. The third-order valence-electron chi connectivity index (χ3n) is 6.24. The van der Waals surface area contributed by atoms with E-state index in [9.17, 15) is 24.3 Å². The van der Waals surface area contributed by atoms with Gasteiger partial charge in [0.05, 0.1) is 19.0 Å². The molecule has 0 spiro atoms. The second-order valence-electron chi connectivity index (χ2n) is 8.98. The molecule has 2 aromatic carbocycles. The van der Waals surface area contributed by atoms with Crippen molar-refractivity contribution in [2.75, 3.05) is 0 Å². The average Bonchev–Trinajstić information content (AvgIpc) is 3.36. The summed E-state index contributed by atoms with van der Waals surface area (Å²) >= 11 is 0. The van der Waals surface area contributed by atoms with Crippen molar-refractivity contribution in [3.05, 3.63) is 88.9 Å². The lowest BCUT2D eigenvalue weighted by Gasteiger charge is -2.35. The highest BCUT2D eigenvalue weighted by molar-refractivity contribution is 5.95. The predicted octanol–water partition coefficient (Wildman–Crippen LogP) is 1.75. The van der Waals surface area contributed by atoms with Crippen LogP contribution in [0.3, 0.4) is 0 Å². The molecule has 1 amide bonds. The number of nitrogens with zero attached hydrogens (tertiary/aromatic N) is 1. The lowest BCUT2D eigenvalue weighted by atomic mass is 9.93. The van der Waals surface area contributed by atoms with Crippen LogP contribution >= 0.6 is 0 Å². The average molecular weight is 535 g/mol. The monoisotopic (exact) mass is 534 g/mol. The summed E-state index contributed by atoms with van der Waals surface area (Å²) in [5.41, 5.74) is 7.80. The van der Waals surface area contributed by atoms with E-state index in [-0.39, 0.29) is 30.3 Å². The highest BCUT2D eigenvalue weighted by Crippen LogP contribution is 2.26. The highest BCUT2D eigenvalue weighted by Gasteiger charge is 2.35. The number of benzene rings is 2. The number of amidine groups is 1. The first-order valence-corrected chi connectivity index (χ1v) is 11.9. The van der Waals surface area contributed by atoms with Crippen molar-refractivity contribution in [1.29, 1.82) is 5.41 Å². The maximum atomic E-state index is 13.2. The van der Waals surface area contributed by atoms with Crippen molar-refractivity contribution in [2.24, 2.45) is 5.73 Å². The molecule has 6 N–H and O–H groups in total. The Morgan fingerprint density at radius 1 is 1.05 bits per heavy atom. The van der Waals surface area contributed by atoms with Gasteiger partial charge in [-0.15, -0.1) is 0 Å². The molecule has 0 bridgehead atoms. The van der Waals surface area contributed by atoms with Crippen LogP contribution in [0.15, 0.2) is 65.1 Å². The number of furan rings is 1. The second kappa shape index (κ2) is 11.6. The Morgan fingerprint density at radius 2 is 1.74 bits per heavy atom. The quantitative estimate of drug-likeness (QED) is 0.111. The number of carbonyl (C=O) groups excluding carboxylic acids is 2. The van der Waals surface area contributed by atoms with Crippen molar-refractivity contribution in [2.45, 2.75) is 38.0 Å². The number of hydrogen-bond donors (Lipinski definition) is 5. The number of esters is 1. The van der Waals surface area contributed by atoms with Crippen LogP contribution in [-0.4, -0.2) is 56.8 Å². The van der Waals surface area contributed by atoms with Gasteiger partial charge in [0.25, 0.3) is 0 Å². The van der Waals surface area contributed by atoms with Crippen LogP contribution in [-0.2, 0) is 33.9 Å². The first-order chi connectivity index (χ1) is 18.6. The van der Waals surface area contributed by atoms with Crippen molar-refractivity contribution >= 4 is 29.7 Å². The van der Waals surface area contributed by atoms with E-state index in [1.807, 2.05) is 24.3 Å². The number of aliphatic carboxylic acids is 2. The summed E-state index contributed by atoms with van der Waals surface area (Å²) in [4.78, 5) is 50.1. The third kappa shape index (κ3) is 6.67. The Hall–Kier alpha value is -4.97. The lowest BCUT2D eigenvalue weighted by molar-refractivity contribution is -0.147. The van der Waals surface area contributed by atoms with Crippen molar-refractivity contribution in [1.82, 2.24) is 10.2 Å².